The molecular weight excluding hydrogens is 386 g/mol. The van der Waals surface area contributed by atoms with Crippen LogP contribution in [0, 0.1) is 10.1 Å². The van der Waals surface area contributed by atoms with Gasteiger partial charge in [0.25, 0.3) is 5.69 Å². The van der Waals surface area contributed by atoms with Gasteiger partial charge in [0.05, 0.1) is 36.2 Å². The summed E-state index contributed by atoms with van der Waals surface area (Å²) >= 11 is 0. The summed E-state index contributed by atoms with van der Waals surface area (Å²) in [7, 11) is 2.60. The minimum absolute atomic E-state index is 0.0681. The monoisotopic (exact) mass is 399 g/mol. The van der Waals surface area contributed by atoms with E-state index in [0.717, 1.165) is 0 Å². The molecular formula is C17H13N5O7. The number of ether oxygens (including phenoxy) is 3. The Bertz CT molecular complexity index is 1180. The SMILES string of the molecule is COc1nc(=O)[nH]c2c1C(c1ccccc1[N+](=O)[O-])c1c(OC)nc(=O)[nH]c1O2. The highest BCUT2D eigenvalue weighted by Crippen LogP contribution is 2.51. The number of hydrogen-bond donors (Lipinski definition) is 2. The molecule has 3 aromatic rings. The minimum atomic E-state index is -0.936. The van der Waals surface area contributed by atoms with Crippen LogP contribution in [-0.4, -0.2) is 39.1 Å². The second kappa shape index (κ2) is 6.74. The molecule has 29 heavy (non-hydrogen) atoms. The van der Waals surface area contributed by atoms with E-state index in [1.165, 1.54) is 32.4 Å². The highest BCUT2D eigenvalue weighted by molar-refractivity contribution is 5.63. The average Bonchev–Trinajstić information content (AvgIpc) is 2.70. The Balaban J connectivity index is 2.14. The van der Waals surface area contributed by atoms with Crippen molar-refractivity contribution in [1.29, 1.82) is 0 Å². The van der Waals surface area contributed by atoms with Gasteiger partial charge in [0.2, 0.25) is 23.5 Å². The van der Waals surface area contributed by atoms with Crippen molar-refractivity contribution in [3.63, 3.8) is 0 Å². The van der Waals surface area contributed by atoms with E-state index in [-0.39, 0.29) is 45.9 Å². The Morgan fingerprint density at radius 3 is 2.00 bits per heavy atom. The van der Waals surface area contributed by atoms with Gasteiger partial charge in [0.15, 0.2) is 0 Å². The van der Waals surface area contributed by atoms with Crippen LogP contribution in [0.3, 0.4) is 0 Å². The summed E-state index contributed by atoms with van der Waals surface area (Å²) in [5.41, 5.74) is -1.02. The first-order valence-electron chi connectivity index (χ1n) is 8.22. The highest BCUT2D eigenvalue weighted by Gasteiger charge is 2.40. The molecule has 3 heterocycles. The van der Waals surface area contributed by atoms with Crippen LogP contribution in [-0.2, 0) is 0 Å². The quantitative estimate of drug-likeness (QED) is 0.377. The molecule has 0 radical (unpaired) electrons. The number of benzene rings is 1. The van der Waals surface area contributed by atoms with E-state index in [2.05, 4.69) is 19.9 Å². The second-order valence-corrected chi connectivity index (χ2v) is 5.94. The maximum absolute atomic E-state index is 11.9. The lowest BCUT2D eigenvalue weighted by molar-refractivity contribution is -0.385. The number of para-hydroxylation sites is 1. The molecule has 12 heteroatoms. The highest BCUT2D eigenvalue weighted by atomic mass is 16.6. The number of rotatable bonds is 4. The number of aromatic amines is 2. The molecule has 0 unspecified atom stereocenters. The van der Waals surface area contributed by atoms with Crippen molar-refractivity contribution in [2.75, 3.05) is 14.2 Å². The number of nitro benzene ring substituents is 1. The molecule has 12 nitrogen and oxygen atoms in total. The summed E-state index contributed by atoms with van der Waals surface area (Å²) in [4.78, 5) is 47.3. The van der Waals surface area contributed by atoms with Crippen LogP contribution in [0.1, 0.15) is 22.6 Å². The molecule has 1 aliphatic rings. The van der Waals surface area contributed by atoms with Crippen LogP contribution in [0.25, 0.3) is 0 Å². The van der Waals surface area contributed by atoms with Gasteiger partial charge in [-0.3, -0.25) is 20.1 Å². The zero-order valence-corrected chi connectivity index (χ0v) is 15.1. The number of methoxy groups -OCH3 is 2. The zero-order chi connectivity index (χ0) is 20.7. The van der Waals surface area contributed by atoms with Gasteiger partial charge in [0.1, 0.15) is 0 Å². The van der Waals surface area contributed by atoms with Crippen molar-refractivity contribution in [1.82, 2.24) is 19.9 Å². The topological polar surface area (TPSA) is 162 Å². The summed E-state index contributed by atoms with van der Waals surface area (Å²) in [6.07, 6.45) is 0. The maximum atomic E-state index is 11.9. The second-order valence-electron chi connectivity index (χ2n) is 5.94. The molecule has 0 aliphatic carbocycles. The molecule has 0 amide bonds. The molecule has 2 aromatic heterocycles. The molecule has 1 aromatic carbocycles. The summed E-state index contributed by atoms with van der Waals surface area (Å²) in [5, 5.41) is 11.7. The van der Waals surface area contributed by atoms with Gasteiger partial charge in [-0.05, 0) is 0 Å². The first-order chi connectivity index (χ1) is 13.9. The molecule has 0 saturated heterocycles. The third-order valence-electron chi connectivity index (χ3n) is 4.41. The fraction of sp³-hybridized carbons (Fsp3) is 0.176. The Morgan fingerprint density at radius 2 is 1.52 bits per heavy atom. The van der Waals surface area contributed by atoms with E-state index in [1.54, 1.807) is 6.07 Å². The third-order valence-corrected chi connectivity index (χ3v) is 4.41. The van der Waals surface area contributed by atoms with Gasteiger partial charge in [-0.2, -0.15) is 9.97 Å². The van der Waals surface area contributed by atoms with E-state index in [4.69, 9.17) is 14.2 Å². The van der Waals surface area contributed by atoms with E-state index < -0.39 is 22.2 Å². The number of H-pyrrole nitrogens is 2. The fourth-order valence-corrected chi connectivity index (χ4v) is 3.32. The lowest BCUT2D eigenvalue weighted by Gasteiger charge is -2.28. The molecule has 0 fully saturated rings. The average molecular weight is 399 g/mol. The molecule has 1 aliphatic heterocycles. The molecule has 4 rings (SSSR count). The largest absolute Gasteiger partial charge is 0.481 e. The number of hydrogen-bond acceptors (Lipinski definition) is 9. The Morgan fingerprint density at radius 1 is 1.00 bits per heavy atom. The minimum Gasteiger partial charge on any atom is -0.481 e. The number of nitro groups is 1. The Kier molecular flexibility index (Phi) is 4.22. The van der Waals surface area contributed by atoms with Crippen molar-refractivity contribution in [2.45, 2.75) is 5.92 Å². The number of nitrogens with zero attached hydrogens (tertiary/aromatic N) is 3. The summed E-state index contributed by atoms with van der Waals surface area (Å²) < 4.78 is 16.1. The smallest absolute Gasteiger partial charge is 0.351 e. The first kappa shape index (κ1) is 18.2. The van der Waals surface area contributed by atoms with Crippen molar-refractivity contribution in [3.8, 4) is 23.5 Å². The zero-order valence-electron chi connectivity index (χ0n) is 15.1. The maximum Gasteiger partial charge on any atom is 0.351 e. The summed E-state index contributed by atoms with van der Waals surface area (Å²) in [6.45, 7) is 0. The van der Waals surface area contributed by atoms with E-state index in [1.807, 2.05) is 0 Å². The molecule has 148 valence electrons. The van der Waals surface area contributed by atoms with Gasteiger partial charge < -0.3 is 14.2 Å². The van der Waals surface area contributed by atoms with Gasteiger partial charge in [-0.1, -0.05) is 18.2 Å². The normalized spacial score (nSPS) is 12.5. The van der Waals surface area contributed by atoms with Crippen LogP contribution in [0.2, 0.25) is 0 Å². The lowest BCUT2D eigenvalue weighted by Crippen LogP contribution is -2.25. The van der Waals surface area contributed by atoms with Crippen molar-refractivity contribution in [3.05, 3.63) is 72.0 Å². The molecule has 2 N–H and O–H groups in total. The van der Waals surface area contributed by atoms with Gasteiger partial charge in [-0.25, -0.2) is 9.59 Å². The Labute approximate surface area is 161 Å². The van der Waals surface area contributed by atoms with Crippen LogP contribution in [0.5, 0.6) is 23.5 Å². The van der Waals surface area contributed by atoms with Crippen LogP contribution >= 0.6 is 0 Å². The molecule has 0 atom stereocenters. The number of nitrogens with one attached hydrogen (secondary N) is 2. The predicted octanol–water partition coefficient (Wildman–Crippen LogP) is 1.06. The molecule has 0 saturated carbocycles. The first-order valence-corrected chi connectivity index (χ1v) is 8.22. The van der Waals surface area contributed by atoms with Crippen LogP contribution in [0.15, 0.2) is 33.9 Å². The predicted molar refractivity (Wildman–Crippen MR) is 96.9 cm³/mol. The van der Waals surface area contributed by atoms with Crippen molar-refractivity contribution >= 4 is 5.69 Å². The standard InChI is InChI=1S/C17H13N5O7/c1-27-12-10-9(7-5-3-4-6-8(7)22(25)26)11-13(28-2)19-17(24)21-15(11)29-14(10)20-16(23)18-12/h3-6,9H,1-2H3,(H,18,20,23)(H,19,21,24). The van der Waals surface area contributed by atoms with E-state index in [9.17, 15) is 19.7 Å². The summed E-state index contributed by atoms with van der Waals surface area (Å²) in [5.74, 6) is -1.26. The third kappa shape index (κ3) is 2.86. The number of aromatic nitrogens is 4. The van der Waals surface area contributed by atoms with Gasteiger partial charge in [0, 0.05) is 11.6 Å². The molecule has 0 bridgehead atoms. The molecule has 0 spiro atoms. The van der Waals surface area contributed by atoms with E-state index in [0.29, 0.717) is 0 Å². The van der Waals surface area contributed by atoms with Gasteiger partial charge >= 0.3 is 11.4 Å². The summed E-state index contributed by atoms with van der Waals surface area (Å²) in [6, 6.07) is 6.01. The van der Waals surface area contributed by atoms with Crippen LogP contribution in [0.4, 0.5) is 5.69 Å². The fourth-order valence-electron chi connectivity index (χ4n) is 3.32. The van der Waals surface area contributed by atoms with Crippen LogP contribution < -0.4 is 25.6 Å². The number of fused-ring (bicyclic) bond motifs is 2. The van der Waals surface area contributed by atoms with E-state index >= 15 is 0 Å². The van der Waals surface area contributed by atoms with Gasteiger partial charge in [-0.15, -0.1) is 0 Å². The van der Waals surface area contributed by atoms with Crippen molar-refractivity contribution in [2.24, 2.45) is 0 Å². The Hall–Kier alpha value is -4.22. The lowest BCUT2D eigenvalue weighted by atomic mass is 9.84. The van der Waals surface area contributed by atoms with Crippen molar-refractivity contribution < 1.29 is 19.1 Å².